The molecule has 1 rings (SSSR count). The van der Waals surface area contributed by atoms with Gasteiger partial charge in [-0.1, -0.05) is 32.0 Å². The van der Waals surface area contributed by atoms with E-state index in [9.17, 15) is 9.90 Å². The second kappa shape index (κ2) is 7.13. The predicted molar refractivity (Wildman–Crippen MR) is 70.3 cm³/mol. The Kier molecular flexibility index (Phi) is 5.82. The summed E-state index contributed by atoms with van der Waals surface area (Å²) in [5.41, 5.74) is 1.44. The van der Waals surface area contributed by atoms with E-state index in [4.69, 9.17) is 4.74 Å². The van der Waals surface area contributed by atoms with E-state index < -0.39 is 0 Å². The van der Waals surface area contributed by atoms with Gasteiger partial charge in [-0.3, -0.25) is 4.79 Å². The molecule has 0 bridgehead atoms. The number of rotatable bonds is 6. The van der Waals surface area contributed by atoms with Crippen LogP contribution in [0.4, 0.5) is 0 Å². The van der Waals surface area contributed by atoms with Crippen molar-refractivity contribution in [3.05, 3.63) is 35.4 Å². The predicted octanol–water partition coefficient (Wildman–Crippen LogP) is 1.58. The summed E-state index contributed by atoms with van der Waals surface area (Å²) >= 11 is 0. The van der Waals surface area contributed by atoms with Gasteiger partial charge in [0.05, 0.1) is 19.3 Å². The van der Waals surface area contributed by atoms with E-state index in [0.717, 1.165) is 5.56 Å². The Morgan fingerprint density at radius 3 is 2.61 bits per heavy atom. The minimum Gasteiger partial charge on any atom is -0.394 e. The first-order valence-corrected chi connectivity index (χ1v) is 6.08. The molecule has 1 atom stereocenters. The van der Waals surface area contributed by atoms with Gasteiger partial charge >= 0.3 is 0 Å². The standard InChI is InChI=1S/C14H21NO3/c1-10(2)13(8-16)15-14(17)12-7-5-4-6-11(12)9-18-3/h4-7,10,13,16H,8-9H2,1-3H3,(H,15,17). The van der Waals surface area contributed by atoms with Gasteiger partial charge in [0.1, 0.15) is 0 Å². The number of aliphatic hydroxyl groups is 1. The summed E-state index contributed by atoms with van der Waals surface area (Å²) in [5, 5.41) is 12.1. The Hall–Kier alpha value is -1.39. The van der Waals surface area contributed by atoms with Gasteiger partial charge in [0.2, 0.25) is 0 Å². The number of amides is 1. The van der Waals surface area contributed by atoms with Crippen LogP contribution in [-0.4, -0.2) is 30.8 Å². The van der Waals surface area contributed by atoms with Crippen LogP contribution in [0.2, 0.25) is 0 Å². The third kappa shape index (κ3) is 3.82. The highest BCUT2D eigenvalue weighted by molar-refractivity contribution is 5.95. The molecule has 100 valence electrons. The summed E-state index contributed by atoms with van der Waals surface area (Å²) in [7, 11) is 1.60. The second-order valence-electron chi connectivity index (χ2n) is 4.60. The van der Waals surface area contributed by atoms with Gasteiger partial charge in [0.25, 0.3) is 5.91 Å². The maximum Gasteiger partial charge on any atom is 0.251 e. The number of carbonyl (C=O) groups is 1. The van der Waals surface area contributed by atoms with Crippen LogP contribution >= 0.6 is 0 Å². The van der Waals surface area contributed by atoms with Crippen molar-refractivity contribution in [3.8, 4) is 0 Å². The van der Waals surface area contributed by atoms with Crippen molar-refractivity contribution in [1.82, 2.24) is 5.32 Å². The molecule has 1 amide bonds. The van der Waals surface area contributed by atoms with Gasteiger partial charge in [0.15, 0.2) is 0 Å². The van der Waals surface area contributed by atoms with Gasteiger partial charge in [-0.25, -0.2) is 0 Å². The van der Waals surface area contributed by atoms with Crippen LogP contribution in [0.15, 0.2) is 24.3 Å². The molecular formula is C14H21NO3. The van der Waals surface area contributed by atoms with Crippen LogP contribution in [0.1, 0.15) is 29.8 Å². The van der Waals surface area contributed by atoms with Gasteiger partial charge in [-0.15, -0.1) is 0 Å². The lowest BCUT2D eigenvalue weighted by atomic mass is 10.0. The Morgan fingerprint density at radius 2 is 2.06 bits per heavy atom. The third-order valence-electron chi connectivity index (χ3n) is 2.88. The van der Waals surface area contributed by atoms with Crippen molar-refractivity contribution < 1.29 is 14.6 Å². The van der Waals surface area contributed by atoms with Crippen LogP contribution in [-0.2, 0) is 11.3 Å². The molecule has 1 unspecified atom stereocenters. The van der Waals surface area contributed by atoms with Gasteiger partial charge in [-0.2, -0.15) is 0 Å². The molecule has 0 radical (unpaired) electrons. The number of hydrogen-bond donors (Lipinski definition) is 2. The van der Waals surface area contributed by atoms with Gasteiger partial charge in [0, 0.05) is 12.7 Å². The first kappa shape index (κ1) is 14.7. The molecule has 0 fully saturated rings. The zero-order chi connectivity index (χ0) is 13.5. The van der Waals surface area contributed by atoms with Crippen molar-refractivity contribution >= 4 is 5.91 Å². The van der Waals surface area contributed by atoms with Crippen molar-refractivity contribution in [2.45, 2.75) is 26.5 Å². The molecular weight excluding hydrogens is 230 g/mol. The number of aliphatic hydroxyl groups excluding tert-OH is 1. The summed E-state index contributed by atoms with van der Waals surface area (Å²) in [6.07, 6.45) is 0. The van der Waals surface area contributed by atoms with Crippen LogP contribution in [0, 0.1) is 5.92 Å². The maximum absolute atomic E-state index is 12.1. The molecule has 0 aliphatic heterocycles. The van der Waals surface area contributed by atoms with Crippen molar-refractivity contribution in [3.63, 3.8) is 0 Å². The number of ether oxygens (including phenoxy) is 1. The first-order chi connectivity index (χ1) is 8.60. The highest BCUT2D eigenvalue weighted by Gasteiger charge is 2.17. The van der Waals surface area contributed by atoms with E-state index >= 15 is 0 Å². The van der Waals surface area contributed by atoms with Crippen LogP contribution in [0.25, 0.3) is 0 Å². The highest BCUT2D eigenvalue weighted by Crippen LogP contribution is 2.11. The average molecular weight is 251 g/mol. The summed E-state index contributed by atoms with van der Waals surface area (Å²) < 4.78 is 5.07. The minimum atomic E-state index is -0.229. The Bertz CT molecular complexity index is 390. The van der Waals surface area contributed by atoms with E-state index in [1.54, 1.807) is 13.2 Å². The molecule has 1 aromatic rings. The molecule has 1 aromatic carbocycles. The van der Waals surface area contributed by atoms with E-state index in [2.05, 4.69) is 5.32 Å². The second-order valence-corrected chi connectivity index (χ2v) is 4.60. The molecule has 0 heterocycles. The summed E-state index contributed by atoms with van der Waals surface area (Å²) in [5.74, 6) is 0.0175. The summed E-state index contributed by atoms with van der Waals surface area (Å²) in [6, 6.07) is 7.09. The van der Waals surface area contributed by atoms with Crippen molar-refractivity contribution in [2.75, 3.05) is 13.7 Å². The minimum absolute atomic E-state index is 0.0597. The number of nitrogens with one attached hydrogen (secondary N) is 1. The van der Waals surface area contributed by atoms with Gasteiger partial charge < -0.3 is 15.2 Å². The number of hydrogen-bond acceptors (Lipinski definition) is 3. The van der Waals surface area contributed by atoms with E-state index in [1.807, 2.05) is 32.0 Å². The monoisotopic (exact) mass is 251 g/mol. The van der Waals surface area contributed by atoms with E-state index in [-0.39, 0.29) is 24.5 Å². The van der Waals surface area contributed by atoms with Crippen LogP contribution in [0.5, 0.6) is 0 Å². The third-order valence-corrected chi connectivity index (χ3v) is 2.88. The molecule has 4 nitrogen and oxygen atoms in total. The van der Waals surface area contributed by atoms with Crippen LogP contribution in [0.3, 0.4) is 0 Å². The SMILES string of the molecule is COCc1ccccc1C(=O)NC(CO)C(C)C. The molecule has 4 heteroatoms. The molecule has 18 heavy (non-hydrogen) atoms. The van der Waals surface area contributed by atoms with E-state index in [1.165, 1.54) is 0 Å². The molecule has 0 aromatic heterocycles. The Balaban J connectivity index is 2.83. The topological polar surface area (TPSA) is 58.6 Å². The van der Waals surface area contributed by atoms with Crippen LogP contribution < -0.4 is 5.32 Å². The lowest BCUT2D eigenvalue weighted by molar-refractivity contribution is 0.0892. The average Bonchev–Trinajstić information content (AvgIpc) is 2.36. The molecule has 0 saturated heterocycles. The normalized spacial score (nSPS) is 12.5. The zero-order valence-corrected chi connectivity index (χ0v) is 11.1. The number of benzene rings is 1. The molecule has 0 aliphatic carbocycles. The molecule has 0 saturated carbocycles. The quantitative estimate of drug-likeness (QED) is 0.807. The zero-order valence-electron chi connectivity index (χ0n) is 11.1. The van der Waals surface area contributed by atoms with E-state index in [0.29, 0.717) is 12.2 Å². The molecule has 2 N–H and O–H groups in total. The highest BCUT2D eigenvalue weighted by atomic mass is 16.5. The fourth-order valence-electron chi connectivity index (χ4n) is 1.69. The summed E-state index contributed by atoms with van der Waals surface area (Å²) in [6.45, 7) is 4.26. The summed E-state index contributed by atoms with van der Waals surface area (Å²) in [4.78, 5) is 12.1. The first-order valence-electron chi connectivity index (χ1n) is 6.08. The van der Waals surface area contributed by atoms with Crippen molar-refractivity contribution in [2.24, 2.45) is 5.92 Å². The maximum atomic E-state index is 12.1. The fourth-order valence-corrected chi connectivity index (χ4v) is 1.69. The lowest BCUT2D eigenvalue weighted by Gasteiger charge is -2.20. The fraction of sp³-hybridized carbons (Fsp3) is 0.500. The van der Waals surface area contributed by atoms with Crippen molar-refractivity contribution in [1.29, 1.82) is 0 Å². The lowest BCUT2D eigenvalue weighted by Crippen LogP contribution is -2.41. The Labute approximate surface area is 108 Å². The number of carbonyl (C=O) groups excluding carboxylic acids is 1. The molecule has 0 aliphatic rings. The number of methoxy groups -OCH3 is 1. The van der Waals surface area contributed by atoms with Gasteiger partial charge in [-0.05, 0) is 17.5 Å². The Morgan fingerprint density at radius 1 is 1.39 bits per heavy atom. The smallest absolute Gasteiger partial charge is 0.251 e. The largest absolute Gasteiger partial charge is 0.394 e. The molecule has 0 spiro atoms.